The molecule has 0 saturated heterocycles. The molecule has 8 aromatic rings. The van der Waals surface area contributed by atoms with Crippen LogP contribution in [-0.4, -0.2) is 9.13 Å². The third-order valence-electron chi connectivity index (χ3n) is 8.35. The molecule has 2 aromatic heterocycles. The SMILES string of the molecule is C1=Cc2cccc3c2c(c2cc3n(-c3ccccc3)c3cccc4sc5cccc(c5c43)n2-c2ccccc2)C1. The number of nitrogens with zero attached hydrogens (tertiary/aromatic N) is 2. The van der Waals surface area contributed by atoms with E-state index in [0.29, 0.717) is 0 Å². The molecule has 0 N–H and O–H groups in total. The number of para-hydroxylation sites is 2. The lowest BCUT2D eigenvalue weighted by Gasteiger charge is -2.21. The Hall–Kier alpha value is -4.86. The van der Waals surface area contributed by atoms with Gasteiger partial charge < -0.3 is 9.13 Å². The van der Waals surface area contributed by atoms with Gasteiger partial charge in [0.2, 0.25) is 0 Å². The van der Waals surface area contributed by atoms with Crippen LogP contribution in [0, 0.1) is 0 Å². The standard InChI is InChI=1S/C37H24N2S/c1-3-13-25(14-4-1)38-29-19-9-21-33-36(29)37-30(20-10-22-34(37)40-33)39(26-15-5-2-6-16-26)32-23-31(38)27-17-7-11-24-12-8-18-28(32)35(24)27/h1-17,19-23H,18H2. The molecule has 0 saturated carbocycles. The second kappa shape index (κ2) is 8.32. The highest BCUT2D eigenvalue weighted by Gasteiger charge is 2.21. The summed E-state index contributed by atoms with van der Waals surface area (Å²) in [5.41, 5.74) is 9.90. The highest BCUT2D eigenvalue weighted by molar-refractivity contribution is 7.26. The summed E-state index contributed by atoms with van der Waals surface area (Å²) >= 11 is 1.88. The van der Waals surface area contributed by atoms with Crippen LogP contribution >= 0.6 is 11.3 Å². The molecule has 2 heterocycles. The summed E-state index contributed by atoms with van der Waals surface area (Å²) < 4.78 is 7.61. The van der Waals surface area contributed by atoms with Crippen molar-refractivity contribution in [2.45, 2.75) is 6.42 Å². The predicted molar refractivity (Wildman–Crippen MR) is 172 cm³/mol. The number of thiophene rings is 1. The first-order chi connectivity index (χ1) is 19.9. The highest BCUT2D eigenvalue weighted by Crippen LogP contribution is 2.43. The lowest BCUT2D eigenvalue weighted by Crippen LogP contribution is -2.04. The molecule has 0 amide bonds. The molecule has 40 heavy (non-hydrogen) atoms. The van der Waals surface area contributed by atoms with Crippen molar-refractivity contribution in [3.05, 3.63) is 139 Å². The molecule has 1 aliphatic carbocycles. The first-order valence-corrected chi connectivity index (χ1v) is 14.6. The Morgan fingerprint density at radius 2 is 1.10 bits per heavy atom. The van der Waals surface area contributed by atoms with Gasteiger partial charge >= 0.3 is 0 Å². The quantitative estimate of drug-likeness (QED) is 0.211. The van der Waals surface area contributed by atoms with Crippen molar-refractivity contribution in [2.75, 3.05) is 0 Å². The van der Waals surface area contributed by atoms with Gasteiger partial charge in [0.25, 0.3) is 0 Å². The molecule has 0 unspecified atom stereocenters. The van der Waals surface area contributed by atoms with Crippen molar-refractivity contribution in [3.8, 4) is 11.4 Å². The Balaban J connectivity index is 1.72. The molecule has 0 spiro atoms. The van der Waals surface area contributed by atoms with E-state index in [4.69, 9.17) is 0 Å². The van der Waals surface area contributed by atoms with E-state index in [1.807, 2.05) is 11.3 Å². The number of allylic oxidation sites excluding steroid dienone is 1. The van der Waals surface area contributed by atoms with Gasteiger partial charge in [-0.3, -0.25) is 0 Å². The zero-order valence-electron chi connectivity index (χ0n) is 21.7. The van der Waals surface area contributed by atoms with Gasteiger partial charge in [-0.1, -0.05) is 78.9 Å². The molecule has 2 bridgehead atoms. The van der Waals surface area contributed by atoms with Crippen LogP contribution in [0.2, 0.25) is 0 Å². The molecular formula is C37H24N2S. The van der Waals surface area contributed by atoms with Crippen LogP contribution in [0.3, 0.4) is 0 Å². The summed E-state index contributed by atoms with van der Waals surface area (Å²) in [6.07, 6.45) is 5.51. The van der Waals surface area contributed by atoms with Gasteiger partial charge in [-0.25, -0.2) is 0 Å². The smallest absolute Gasteiger partial charge is 0.0561 e. The van der Waals surface area contributed by atoms with Crippen molar-refractivity contribution >= 4 is 70.4 Å². The number of hydrogen-bond donors (Lipinski definition) is 0. The minimum absolute atomic E-state index is 0.903. The highest BCUT2D eigenvalue weighted by atomic mass is 32.1. The molecule has 3 heteroatoms. The van der Waals surface area contributed by atoms with Gasteiger partial charge in [0.05, 0.1) is 22.1 Å². The fraction of sp³-hybridized carbons (Fsp3) is 0.0270. The maximum atomic E-state index is 2.51. The predicted octanol–water partition coefficient (Wildman–Crippen LogP) is 10.2. The van der Waals surface area contributed by atoms with Crippen molar-refractivity contribution in [2.24, 2.45) is 0 Å². The Morgan fingerprint density at radius 3 is 1.75 bits per heavy atom. The molecule has 188 valence electrons. The second-order valence-electron chi connectivity index (χ2n) is 10.5. The Bertz CT molecular complexity index is 2330. The molecule has 0 aliphatic heterocycles. The molecule has 0 fully saturated rings. The fourth-order valence-electron chi connectivity index (χ4n) is 6.75. The van der Waals surface area contributed by atoms with Gasteiger partial charge in [0, 0.05) is 36.9 Å². The molecule has 2 nitrogen and oxygen atoms in total. The van der Waals surface area contributed by atoms with Crippen LogP contribution in [0.25, 0.3) is 70.5 Å². The molecule has 0 atom stereocenters. The Labute approximate surface area is 235 Å². The normalized spacial score (nSPS) is 12.8. The van der Waals surface area contributed by atoms with Crippen molar-refractivity contribution in [1.29, 1.82) is 0 Å². The zero-order valence-corrected chi connectivity index (χ0v) is 22.5. The van der Waals surface area contributed by atoms with Crippen molar-refractivity contribution in [3.63, 3.8) is 0 Å². The lowest BCUT2D eigenvalue weighted by atomic mass is 9.91. The van der Waals surface area contributed by atoms with E-state index in [9.17, 15) is 0 Å². The van der Waals surface area contributed by atoms with Crippen LogP contribution < -0.4 is 0 Å². The van der Waals surface area contributed by atoms with E-state index in [1.54, 1.807) is 0 Å². The average Bonchev–Trinajstić information content (AvgIpc) is 3.42. The minimum Gasteiger partial charge on any atom is -0.309 e. The third-order valence-corrected chi connectivity index (χ3v) is 9.47. The third kappa shape index (κ3) is 2.98. The minimum atomic E-state index is 0.903. The van der Waals surface area contributed by atoms with Gasteiger partial charge in [-0.05, 0) is 77.5 Å². The fourth-order valence-corrected chi connectivity index (χ4v) is 7.90. The number of aromatic nitrogens is 2. The maximum absolute atomic E-state index is 2.51. The van der Waals surface area contributed by atoms with Gasteiger partial charge in [0.15, 0.2) is 0 Å². The topological polar surface area (TPSA) is 9.86 Å². The van der Waals surface area contributed by atoms with E-state index in [-0.39, 0.29) is 0 Å². The maximum Gasteiger partial charge on any atom is 0.0561 e. The first-order valence-electron chi connectivity index (χ1n) is 13.8. The van der Waals surface area contributed by atoms with E-state index >= 15 is 0 Å². The summed E-state index contributed by atoms with van der Waals surface area (Å²) in [5, 5.41) is 5.26. The monoisotopic (exact) mass is 528 g/mol. The Kier molecular flexibility index (Phi) is 4.58. The molecule has 0 radical (unpaired) electrons. The van der Waals surface area contributed by atoms with Crippen molar-refractivity contribution in [1.82, 2.24) is 9.13 Å². The second-order valence-corrected chi connectivity index (χ2v) is 11.6. The van der Waals surface area contributed by atoms with E-state index < -0.39 is 0 Å². The lowest BCUT2D eigenvalue weighted by molar-refractivity contribution is 1.13. The van der Waals surface area contributed by atoms with Crippen molar-refractivity contribution < 1.29 is 0 Å². The van der Waals surface area contributed by atoms with Gasteiger partial charge in [0.1, 0.15) is 0 Å². The largest absolute Gasteiger partial charge is 0.309 e. The Morgan fingerprint density at radius 1 is 0.500 bits per heavy atom. The number of rotatable bonds is 2. The summed E-state index contributed by atoms with van der Waals surface area (Å²) in [4.78, 5) is 0. The number of hydrogen-bond acceptors (Lipinski definition) is 1. The summed E-state index contributed by atoms with van der Waals surface area (Å²) in [6.45, 7) is 0. The van der Waals surface area contributed by atoms with Crippen LogP contribution in [0.4, 0.5) is 0 Å². The summed E-state index contributed by atoms with van der Waals surface area (Å²) in [6, 6.07) is 44.5. The molecule has 9 rings (SSSR count). The molecule has 1 aliphatic rings. The summed E-state index contributed by atoms with van der Waals surface area (Å²) in [7, 11) is 0. The van der Waals surface area contributed by atoms with Crippen LogP contribution in [0.5, 0.6) is 0 Å². The van der Waals surface area contributed by atoms with E-state index in [0.717, 1.165) is 12.1 Å². The van der Waals surface area contributed by atoms with Crippen LogP contribution in [0.1, 0.15) is 11.1 Å². The molecular weight excluding hydrogens is 504 g/mol. The zero-order chi connectivity index (χ0) is 26.2. The van der Waals surface area contributed by atoms with Gasteiger partial charge in [-0.15, -0.1) is 11.3 Å². The van der Waals surface area contributed by atoms with E-state index in [2.05, 4.69) is 143 Å². The first kappa shape index (κ1) is 22.0. The molecule has 6 aromatic carbocycles. The number of benzene rings is 6. The van der Waals surface area contributed by atoms with Gasteiger partial charge in [-0.2, -0.15) is 0 Å². The van der Waals surface area contributed by atoms with Crippen LogP contribution in [-0.2, 0) is 6.42 Å². The van der Waals surface area contributed by atoms with Crippen LogP contribution in [0.15, 0.2) is 127 Å². The summed E-state index contributed by atoms with van der Waals surface area (Å²) in [5.74, 6) is 0. The average molecular weight is 529 g/mol. The van der Waals surface area contributed by atoms with E-state index in [1.165, 1.54) is 69.8 Å².